The molecule has 0 radical (unpaired) electrons. The third-order valence-electron chi connectivity index (χ3n) is 2.71. The molecular formula is C14H12ClFO2. The molecule has 0 aliphatic carbocycles. The molecule has 0 heterocycles. The lowest BCUT2D eigenvalue weighted by Gasteiger charge is -2.16. The Kier molecular flexibility index (Phi) is 3.84. The van der Waals surface area contributed by atoms with E-state index in [0.717, 1.165) is 0 Å². The van der Waals surface area contributed by atoms with Crippen LogP contribution in [0.1, 0.15) is 17.2 Å². The highest BCUT2D eigenvalue weighted by molar-refractivity contribution is 6.31. The van der Waals surface area contributed by atoms with Crippen LogP contribution >= 0.6 is 11.6 Å². The molecule has 18 heavy (non-hydrogen) atoms. The molecular weight excluding hydrogens is 255 g/mol. The first kappa shape index (κ1) is 12.9. The summed E-state index contributed by atoms with van der Waals surface area (Å²) in [5.41, 5.74) is 0.869. The van der Waals surface area contributed by atoms with Gasteiger partial charge in [0.15, 0.2) is 0 Å². The molecule has 1 atom stereocenters. The van der Waals surface area contributed by atoms with Gasteiger partial charge in [-0.2, -0.15) is 0 Å². The van der Waals surface area contributed by atoms with E-state index in [9.17, 15) is 9.50 Å². The lowest BCUT2D eigenvalue weighted by molar-refractivity contribution is 0.214. The second-order valence-electron chi connectivity index (χ2n) is 3.79. The molecule has 4 heteroatoms. The Morgan fingerprint density at radius 2 is 1.78 bits per heavy atom. The average Bonchev–Trinajstić information content (AvgIpc) is 2.41. The van der Waals surface area contributed by atoms with Crippen LogP contribution in [0, 0.1) is 5.82 Å². The first-order valence-electron chi connectivity index (χ1n) is 5.40. The van der Waals surface area contributed by atoms with E-state index in [1.165, 1.54) is 19.2 Å². The lowest BCUT2D eigenvalue weighted by Crippen LogP contribution is -2.03. The minimum Gasteiger partial charge on any atom is -0.496 e. The van der Waals surface area contributed by atoms with Gasteiger partial charge in [0.2, 0.25) is 0 Å². The van der Waals surface area contributed by atoms with Gasteiger partial charge >= 0.3 is 0 Å². The van der Waals surface area contributed by atoms with Gasteiger partial charge in [0.05, 0.1) is 12.1 Å². The number of hydrogen-bond acceptors (Lipinski definition) is 2. The van der Waals surface area contributed by atoms with Crippen molar-refractivity contribution in [3.8, 4) is 5.75 Å². The summed E-state index contributed by atoms with van der Waals surface area (Å²) >= 11 is 5.86. The van der Waals surface area contributed by atoms with Crippen LogP contribution in [0.15, 0.2) is 42.5 Å². The molecule has 1 N–H and O–H groups in total. The van der Waals surface area contributed by atoms with Crippen molar-refractivity contribution in [2.75, 3.05) is 7.11 Å². The Morgan fingerprint density at radius 3 is 2.50 bits per heavy atom. The van der Waals surface area contributed by atoms with Crippen molar-refractivity contribution in [3.63, 3.8) is 0 Å². The molecule has 2 aromatic carbocycles. The minimum atomic E-state index is -1.02. The lowest BCUT2D eigenvalue weighted by atomic mass is 10.0. The van der Waals surface area contributed by atoms with Gasteiger partial charge in [0.25, 0.3) is 0 Å². The average molecular weight is 267 g/mol. The zero-order valence-corrected chi connectivity index (χ0v) is 10.5. The third kappa shape index (κ3) is 2.33. The van der Waals surface area contributed by atoms with Crippen LogP contribution in [-0.4, -0.2) is 12.2 Å². The number of rotatable bonds is 3. The molecule has 0 saturated heterocycles. The van der Waals surface area contributed by atoms with E-state index in [0.29, 0.717) is 16.9 Å². The Balaban J connectivity index is 2.48. The topological polar surface area (TPSA) is 29.5 Å². The van der Waals surface area contributed by atoms with Gasteiger partial charge < -0.3 is 9.84 Å². The molecule has 2 aromatic rings. The number of methoxy groups -OCH3 is 1. The minimum absolute atomic E-state index is 0.0732. The Morgan fingerprint density at radius 1 is 1.11 bits per heavy atom. The van der Waals surface area contributed by atoms with Gasteiger partial charge in [-0.15, -0.1) is 0 Å². The summed E-state index contributed by atoms with van der Waals surface area (Å²) in [6.07, 6.45) is -1.02. The van der Waals surface area contributed by atoms with Crippen LogP contribution < -0.4 is 4.74 Å². The molecule has 0 spiro atoms. The fourth-order valence-electron chi connectivity index (χ4n) is 1.79. The van der Waals surface area contributed by atoms with E-state index in [1.807, 2.05) is 0 Å². The number of para-hydroxylation sites is 1. The fraction of sp³-hybridized carbons (Fsp3) is 0.143. The summed E-state index contributed by atoms with van der Waals surface area (Å²) in [4.78, 5) is 0. The predicted molar refractivity (Wildman–Crippen MR) is 68.5 cm³/mol. The summed E-state index contributed by atoms with van der Waals surface area (Å²) in [5, 5.41) is 10.2. The van der Waals surface area contributed by atoms with Crippen LogP contribution in [0.2, 0.25) is 5.02 Å². The molecule has 94 valence electrons. The second-order valence-corrected chi connectivity index (χ2v) is 4.17. The Bertz CT molecular complexity index is 557. The molecule has 0 amide bonds. The van der Waals surface area contributed by atoms with E-state index in [4.69, 9.17) is 16.3 Å². The third-order valence-corrected chi connectivity index (χ3v) is 3.11. The van der Waals surface area contributed by atoms with Crippen LogP contribution in [0.5, 0.6) is 5.75 Å². The van der Waals surface area contributed by atoms with E-state index in [2.05, 4.69) is 0 Å². The van der Waals surface area contributed by atoms with Gasteiger partial charge in [-0.3, -0.25) is 0 Å². The quantitative estimate of drug-likeness (QED) is 0.920. The standard InChI is InChI=1S/C14H12ClFO2/c1-18-12-8-3-2-5-9(12)14(17)10-6-4-7-11(16)13(10)15/h2-8,14,17H,1H3. The van der Waals surface area contributed by atoms with Crippen LogP contribution in [0.25, 0.3) is 0 Å². The van der Waals surface area contributed by atoms with E-state index >= 15 is 0 Å². The molecule has 0 bridgehead atoms. The maximum atomic E-state index is 13.4. The first-order chi connectivity index (χ1) is 8.65. The van der Waals surface area contributed by atoms with Crippen LogP contribution in [0.3, 0.4) is 0 Å². The number of aliphatic hydroxyl groups excluding tert-OH is 1. The second kappa shape index (κ2) is 5.38. The number of halogens is 2. The molecule has 0 aliphatic heterocycles. The number of ether oxygens (including phenoxy) is 1. The summed E-state index contributed by atoms with van der Waals surface area (Å²) in [6, 6.07) is 11.4. The Hall–Kier alpha value is -1.58. The van der Waals surface area contributed by atoms with Crippen molar-refractivity contribution in [1.29, 1.82) is 0 Å². The summed E-state index contributed by atoms with van der Waals surface area (Å²) in [7, 11) is 1.51. The van der Waals surface area contributed by atoms with Gasteiger partial charge in [0, 0.05) is 11.1 Å². The van der Waals surface area contributed by atoms with Crippen molar-refractivity contribution in [2.24, 2.45) is 0 Å². The molecule has 2 nitrogen and oxygen atoms in total. The summed E-state index contributed by atoms with van der Waals surface area (Å²) < 4.78 is 18.5. The maximum Gasteiger partial charge on any atom is 0.142 e. The number of hydrogen-bond donors (Lipinski definition) is 1. The normalized spacial score (nSPS) is 12.2. The number of benzene rings is 2. The van der Waals surface area contributed by atoms with Crippen LogP contribution in [-0.2, 0) is 0 Å². The summed E-state index contributed by atoms with van der Waals surface area (Å²) in [6.45, 7) is 0. The zero-order valence-electron chi connectivity index (χ0n) is 9.73. The molecule has 0 saturated carbocycles. The van der Waals surface area contributed by atoms with Gasteiger partial charge in [-0.25, -0.2) is 4.39 Å². The molecule has 0 fully saturated rings. The molecule has 0 aliphatic rings. The highest BCUT2D eigenvalue weighted by atomic mass is 35.5. The molecule has 0 aromatic heterocycles. The SMILES string of the molecule is COc1ccccc1C(O)c1cccc(F)c1Cl. The van der Waals surface area contributed by atoms with Crippen molar-refractivity contribution in [3.05, 3.63) is 64.4 Å². The highest BCUT2D eigenvalue weighted by Crippen LogP contribution is 2.34. The monoisotopic (exact) mass is 266 g/mol. The molecule has 1 unspecified atom stereocenters. The van der Waals surface area contributed by atoms with Gasteiger partial charge in [-0.05, 0) is 12.1 Å². The van der Waals surface area contributed by atoms with E-state index in [-0.39, 0.29) is 5.02 Å². The van der Waals surface area contributed by atoms with Crippen molar-refractivity contribution < 1.29 is 14.2 Å². The highest BCUT2D eigenvalue weighted by Gasteiger charge is 2.19. The first-order valence-corrected chi connectivity index (χ1v) is 5.78. The summed E-state index contributed by atoms with van der Waals surface area (Å²) in [5.74, 6) is -0.0200. The van der Waals surface area contributed by atoms with Crippen LogP contribution in [0.4, 0.5) is 4.39 Å². The smallest absolute Gasteiger partial charge is 0.142 e. The zero-order chi connectivity index (χ0) is 13.1. The molecule has 2 rings (SSSR count). The number of aliphatic hydroxyl groups is 1. The predicted octanol–water partition coefficient (Wildman–Crippen LogP) is 3.57. The fourth-order valence-corrected chi connectivity index (χ4v) is 2.02. The van der Waals surface area contributed by atoms with Crippen molar-refractivity contribution >= 4 is 11.6 Å². The van der Waals surface area contributed by atoms with Crippen molar-refractivity contribution in [1.82, 2.24) is 0 Å². The van der Waals surface area contributed by atoms with Gasteiger partial charge in [0.1, 0.15) is 17.7 Å². The van der Waals surface area contributed by atoms with Crippen molar-refractivity contribution in [2.45, 2.75) is 6.10 Å². The van der Waals surface area contributed by atoms with E-state index in [1.54, 1.807) is 30.3 Å². The maximum absolute atomic E-state index is 13.4. The van der Waals surface area contributed by atoms with Gasteiger partial charge in [-0.1, -0.05) is 41.9 Å². The largest absolute Gasteiger partial charge is 0.496 e. The Labute approximate surface area is 110 Å². The van der Waals surface area contributed by atoms with E-state index < -0.39 is 11.9 Å².